The molecule has 0 fully saturated rings. The average molecular weight is 408 g/mol. The van der Waals surface area contributed by atoms with Gasteiger partial charge in [-0.2, -0.15) is 0 Å². The predicted molar refractivity (Wildman–Crippen MR) is 107 cm³/mol. The minimum atomic E-state index is -3.21. The number of fused-ring (bicyclic) bond motifs is 1. The number of rotatable bonds is 6. The summed E-state index contributed by atoms with van der Waals surface area (Å²) in [6.45, 7) is 2.51. The Kier molecular flexibility index (Phi) is 5.64. The highest BCUT2D eigenvalue weighted by Gasteiger charge is 2.22. The van der Waals surface area contributed by atoms with Gasteiger partial charge < -0.3 is 10.2 Å². The Hall–Kier alpha value is -2.23. The van der Waals surface area contributed by atoms with Crippen molar-refractivity contribution in [3.05, 3.63) is 45.6 Å². The van der Waals surface area contributed by atoms with Gasteiger partial charge in [0.1, 0.15) is 0 Å². The molecule has 1 aromatic carbocycles. The highest BCUT2D eigenvalue weighted by atomic mass is 32.2. The maximum absolute atomic E-state index is 12.5. The minimum Gasteiger partial charge on any atom is -0.321 e. The Morgan fingerprint density at radius 3 is 2.70 bits per heavy atom. The number of hydrogen-bond acceptors (Lipinski definition) is 5. The molecule has 9 heteroatoms. The van der Waals surface area contributed by atoms with E-state index in [1.165, 1.54) is 11.3 Å². The molecule has 27 heavy (non-hydrogen) atoms. The molecule has 0 saturated carbocycles. The van der Waals surface area contributed by atoms with Gasteiger partial charge in [0.05, 0.1) is 11.1 Å². The van der Waals surface area contributed by atoms with Gasteiger partial charge in [0, 0.05) is 36.3 Å². The first kappa shape index (κ1) is 19.5. The van der Waals surface area contributed by atoms with Crippen LogP contribution in [0, 0.1) is 0 Å². The van der Waals surface area contributed by atoms with Crippen LogP contribution in [-0.2, 0) is 27.7 Å². The summed E-state index contributed by atoms with van der Waals surface area (Å²) < 4.78 is 24.6. The fourth-order valence-corrected chi connectivity index (χ4v) is 4.37. The lowest BCUT2D eigenvalue weighted by Gasteiger charge is -2.15. The molecule has 2 aromatic rings. The third kappa shape index (κ3) is 4.94. The summed E-state index contributed by atoms with van der Waals surface area (Å²) in [6.07, 6.45) is 2.42. The summed E-state index contributed by atoms with van der Waals surface area (Å²) >= 11 is 1.34. The lowest BCUT2D eigenvalue weighted by molar-refractivity contribution is -0.116. The number of anilines is 2. The van der Waals surface area contributed by atoms with Crippen LogP contribution in [-0.4, -0.2) is 39.6 Å². The van der Waals surface area contributed by atoms with Crippen LogP contribution in [0.1, 0.15) is 27.0 Å². The third-order valence-electron chi connectivity index (χ3n) is 4.23. The molecule has 0 spiro atoms. The summed E-state index contributed by atoms with van der Waals surface area (Å²) in [7, 11) is -3.21. The Labute approximate surface area is 162 Å². The van der Waals surface area contributed by atoms with Crippen molar-refractivity contribution in [2.45, 2.75) is 19.8 Å². The first-order valence-electron chi connectivity index (χ1n) is 8.49. The van der Waals surface area contributed by atoms with E-state index in [0.717, 1.165) is 28.8 Å². The number of carbonyl (C=O) groups excluding carboxylic acids is 2. The molecule has 1 aliphatic rings. The summed E-state index contributed by atoms with van der Waals surface area (Å²) in [4.78, 5) is 27.3. The van der Waals surface area contributed by atoms with E-state index in [-0.39, 0.29) is 11.8 Å². The van der Waals surface area contributed by atoms with Crippen molar-refractivity contribution < 1.29 is 18.0 Å². The minimum absolute atomic E-state index is 0.0158. The van der Waals surface area contributed by atoms with Crippen molar-refractivity contribution in [2.75, 3.05) is 29.6 Å². The second-order valence-corrected chi connectivity index (χ2v) is 9.40. The molecule has 0 saturated heterocycles. The quantitative estimate of drug-likeness (QED) is 0.766. The Morgan fingerprint density at radius 2 is 2.00 bits per heavy atom. The van der Waals surface area contributed by atoms with Crippen molar-refractivity contribution >= 4 is 44.5 Å². The Balaban J connectivity index is 1.62. The normalized spacial score (nSPS) is 13.5. The van der Waals surface area contributed by atoms with Crippen molar-refractivity contribution in [1.29, 1.82) is 0 Å². The highest BCUT2D eigenvalue weighted by molar-refractivity contribution is 7.88. The molecule has 144 valence electrons. The summed E-state index contributed by atoms with van der Waals surface area (Å²) in [5.41, 5.74) is 2.64. The van der Waals surface area contributed by atoms with Gasteiger partial charge in [-0.25, -0.2) is 13.1 Å². The molecular formula is C18H21N3O4S2. The molecule has 1 aliphatic heterocycles. The zero-order valence-corrected chi connectivity index (χ0v) is 16.7. The van der Waals surface area contributed by atoms with Crippen LogP contribution in [0.2, 0.25) is 0 Å². The highest BCUT2D eigenvalue weighted by Crippen LogP contribution is 2.30. The second-order valence-electron chi connectivity index (χ2n) is 6.40. The molecule has 3 rings (SSSR count). The first-order chi connectivity index (χ1) is 12.7. The van der Waals surface area contributed by atoms with E-state index in [1.54, 1.807) is 24.0 Å². The number of hydrogen-bond donors (Lipinski definition) is 2. The molecule has 2 N–H and O–H groups in total. The van der Waals surface area contributed by atoms with Gasteiger partial charge >= 0.3 is 0 Å². The standard InChI is InChI=1S/C18H21N3O4S2/c1-12(22)21-10-8-13-11-14(3-5-16(13)21)20-18(23)17-6-4-15(26-17)7-9-19-27(2,24)25/h3-6,11,19H,7-10H2,1-2H3,(H,20,23). The SMILES string of the molecule is CC(=O)N1CCc2cc(NC(=O)c3ccc(CCNS(C)(=O)=O)s3)ccc21. The molecule has 2 heterocycles. The topological polar surface area (TPSA) is 95.6 Å². The molecule has 0 unspecified atom stereocenters. The van der Waals surface area contributed by atoms with Crippen molar-refractivity contribution in [3.8, 4) is 0 Å². The molecule has 1 aromatic heterocycles. The van der Waals surface area contributed by atoms with Gasteiger partial charge in [-0.15, -0.1) is 11.3 Å². The van der Waals surface area contributed by atoms with Crippen LogP contribution < -0.4 is 14.9 Å². The van der Waals surface area contributed by atoms with Crippen LogP contribution in [0.4, 0.5) is 11.4 Å². The van der Waals surface area contributed by atoms with E-state index in [9.17, 15) is 18.0 Å². The number of amides is 2. The van der Waals surface area contributed by atoms with Gasteiger partial charge in [-0.1, -0.05) is 0 Å². The van der Waals surface area contributed by atoms with Crippen LogP contribution in [0.15, 0.2) is 30.3 Å². The average Bonchev–Trinajstić information content (AvgIpc) is 3.20. The summed E-state index contributed by atoms with van der Waals surface area (Å²) in [5.74, 6) is -0.189. The van der Waals surface area contributed by atoms with Crippen LogP contribution in [0.25, 0.3) is 0 Å². The number of benzene rings is 1. The molecule has 0 radical (unpaired) electrons. The maximum Gasteiger partial charge on any atom is 0.265 e. The summed E-state index contributed by atoms with van der Waals surface area (Å²) in [5, 5.41) is 2.88. The van der Waals surface area contributed by atoms with Crippen molar-refractivity contribution in [1.82, 2.24) is 4.72 Å². The summed E-state index contributed by atoms with van der Waals surface area (Å²) in [6, 6.07) is 9.12. The lowest BCUT2D eigenvalue weighted by atomic mass is 10.1. The fourth-order valence-electron chi connectivity index (χ4n) is 2.99. The van der Waals surface area contributed by atoms with Crippen molar-refractivity contribution in [2.24, 2.45) is 0 Å². The van der Waals surface area contributed by atoms with E-state index in [4.69, 9.17) is 0 Å². The molecule has 7 nitrogen and oxygen atoms in total. The van der Waals surface area contributed by atoms with Crippen LogP contribution in [0.3, 0.4) is 0 Å². The number of carbonyl (C=O) groups is 2. The smallest absolute Gasteiger partial charge is 0.265 e. The molecule has 0 atom stereocenters. The second kappa shape index (κ2) is 7.79. The van der Waals surface area contributed by atoms with Gasteiger partial charge in [0.2, 0.25) is 15.9 Å². The molecule has 2 amide bonds. The number of nitrogens with zero attached hydrogens (tertiary/aromatic N) is 1. The van der Waals surface area contributed by atoms with Crippen LogP contribution in [0.5, 0.6) is 0 Å². The monoisotopic (exact) mass is 407 g/mol. The van der Waals surface area contributed by atoms with Gasteiger partial charge in [0.25, 0.3) is 5.91 Å². The van der Waals surface area contributed by atoms with E-state index >= 15 is 0 Å². The number of sulfonamides is 1. The maximum atomic E-state index is 12.5. The molecular weight excluding hydrogens is 386 g/mol. The zero-order chi connectivity index (χ0) is 19.6. The predicted octanol–water partition coefficient (Wildman–Crippen LogP) is 2.00. The number of thiophene rings is 1. The molecule has 0 bridgehead atoms. The van der Waals surface area contributed by atoms with Crippen LogP contribution >= 0.6 is 11.3 Å². The zero-order valence-electron chi connectivity index (χ0n) is 15.1. The van der Waals surface area contributed by atoms with E-state index in [0.29, 0.717) is 30.1 Å². The van der Waals surface area contributed by atoms with Gasteiger partial charge in [-0.3, -0.25) is 9.59 Å². The van der Waals surface area contributed by atoms with E-state index < -0.39 is 10.0 Å². The van der Waals surface area contributed by atoms with Gasteiger partial charge in [-0.05, 0) is 48.7 Å². The molecule has 0 aliphatic carbocycles. The van der Waals surface area contributed by atoms with E-state index in [2.05, 4.69) is 10.0 Å². The fraction of sp³-hybridized carbons (Fsp3) is 0.333. The first-order valence-corrected chi connectivity index (χ1v) is 11.2. The third-order valence-corrected chi connectivity index (χ3v) is 6.11. The Morgan fingerprint density at radius 1 is 1.22 bits per heavy atom. The van der Waals surface area contributed by atoms with Crippen molar-refractivity contribution in [3.63, 3.8) is 0 Å². The van der Waals surface area contributed by atoms with E-state index in [1.807, 2.05) is 18.2 Å². The van der Waals surface area contributed by atoms with Gasteiger partial charge in [0.15, 0.2) is 0 Å². The lowest BCUT2D eigenvalue weighted by Crippen LogP contribution is -2.25. The Bertz CT molecular complexity index is 982. The number of nitrogens with one attached hydrogen (secondary N) is 2. The largest absolute Gasteiger partial charge is 0.321 e.